The molecule has 0 aliphatic carbocycles. The summed E-state index contributed by atoms with van der Waals surface area (Å²) in [6.45, 7) is 8.46. The molecule has 32 heavy (non-hydrogen) atoms. The molecule has 1 aromatic carbocycles. The minimum Gasteiger partial charge on any atom is -0.496 e. The van der Waals surface area contributed by atoms with E-state index in [1.165, 1.54) is 12.3 Å². The maximum atomic E-state index is 12.6. The molecule has 1 aromatic heterocycles. The van der Waals surface area contributed by atoms with Crippen molar-refractivity contribution in [2.45, 2.75) is 70.6 Å². The summed E-state index contributed by atoms with van der Waals surface area (Å²) in [6, 6.07) is 5.74. The number of nitrogens with zero attached hydrogens (tertiary/aromatic N) is 2. The lowest BCUT2D eigenvalue weighted by Crippen LogP contribution is -2.50. The Morgan fingerprint density at radius 2 is 1.97 bits per heavy atom. The molecule has 1 N–H and O–H groups in total. The third kappa shape index (κ3) is 3.58. The predicted octanol–water partition coefficient (Wildman–Crippen LogP) is 4.14. The molecule has 1 atom stereocenters. The van der Waals surface area contributed by atoms with Crippen LogP contribution in [-0.4, -0.2) is 41.1 Å². The number of methoxy groups -OCH3 is 2. The van der Waals surface area contributed by atoms with Crippen LogP contribution in [0.2, 0.25) is 0 Å². The standard InChI is InChI=1S/C25H32N2O5/c1-24(2)9-8-19-16-11-15(7-10-25(3,4)32-6)22(31-5)12-17(16)20-13-21(28)18(23(29)30)14-26(20)27(19)24/h11-14,19H,7-10H2,1-6H3,(H,29,30)/t19-/m1/s1. The summed E-state index contributed by atoms with van der Waals surface area (Å²) in [5.74, 6) is -0.444. The summed E-state index contributed by atoms with van der Waals surface area (Å²) in [6.07, 6.45) is 5.03. The second-order valence-corrected chi connectivity index (χ2v) is 10.0. The van der Waals surface area contributed by atoms with Crippen molar-refractivity contribution in [2.24, 2.45) is 0 Å². The lowest BCUT2D eigenvalue weighted by atomic mass is 9.89. The maximum absolute atomic E-state index is 12.6. The Balaban J connectivity index is 1.91. The minimum atomic E-state index is -1.21. The van der Waals surface area contributed by atoms with Gasteiger partial charge in [0.1, 0.15) is 11.3 Å². The molecule has 2 aliphatic heterocycles. The van der Waals surface area contributed by atoms with Gasteiger partial charge in [0.2, 0.25) is 0 Å². The number of carbonyl (C=O) groups is 1. The van der Waals surface area contributed by atoms with Gasteiger partial charge in [0, 0.05) is 24.9 Å². The first-order chi connectivity index (χ1) is 15.0. The number of rotatable bonds is 6. The molecule has 7 nitrogen and oxygen atoms in total. The highest BCUT2D eigenvalue weighted by atomic mass is 16.5. The summed E-state index contributed by atoms with van der Waals surface area (Å²) in [5.41, 5.74) is 2.75. The quantitative estimate of drug-likeness (QED) is 0.727. The van der Waals surface area contributed by atoms with Crippen molar-refractivity contribution in [2.75, 3.05) is 19.2 Å². The van der Waals surface area contributed by atoms with Gasteiger partial charge in [0.25, 0.3) is 0 Å². The van der Waals surface area contributed by atoms with Gasteiger partial charge in [0.15, 0.2) is 5.43 Å². The number of carboxylic acids is 1. The zero-order chi connectivity index (χ0) is 23.4. The fourth-order valence-corrected chi connectivity index (χ4v) is 5.01. The predicted molar refractivity (Wildman–Crippen MR) is 123 cm³/mol. The molecule has 0 unspecified atom stereocenters. The number of ether oxygens (including phenoxy) is 2. The van der Waals surface area contributed by atoms with E-state index in [-0.39, 0.29) is 22.7 Å². The van der Waals surface area contributed by atoms with E-state index in [4.69, 9.17) is 9.47 Å². The summed E-state index contributed by atoms with van der Waals surface area (Å²) < 4.78 is 13.2. The van der Waals surface area contributed by atoms with E-state index in [1.54, 1.807) is 14.2 Å². The summed E-state index contributed by atoms with van der Waals surface area (Å²) in [4.78, 5) is 24.3. The third-order valence-corrected chi connectivity index (χ3v) is 7.08. The Hall–Kier alpha value is -2.80. The van der Waals surface area contributed by atoms with E-state index < -0.39 is 11.4 Å². The number of aromatic carboxylic acids is 1. The Morgan fingerprint density at radius 3 is 2.59 bits per heavy atom. The van der Waals surface area contributed by atoms with Gasteiger partial charge in [-0.2, -0.15) is 0 Å². The van der Waals surface area contributed by atoms with Crippen LogP contribution in [0.15, 0.2) is 29.2 Å². The van der Waals surface area contributed by atoms with Crippen molar-refractivity contribution in [1.82, 2.24) is 4.68 Å². The molecule has 7 heteroatoms. The highest BCUT2D eigenvalue weighted by molar-refractivity contribution is 5.88. The molecule has 0 bridgehead atoms. The summed E-state index contributed by atoms with van der Waals surface area (Å²) in [7, 11) is 3.38. The van der Waals surface area contributed by atoms with Crippen LogP contribution in [0, 0.1) is 0 Å². The zero-order valence-electron chi connectivity index (χ0n) is 19.7. The second kappa shape index (κ2) is 7.66. The van der Waals surface area contributed by atoms with Gasteiger partial charge in [-0.15, -0.1) is 0 Å². The van der Waals surface area contributed by atoms with Crippen molar-refractivity contribution >= 4 is 5.97 Å². The molecule has 0 amide bonds. The normalized spacial score (nSPS) is 18.7. The fourth-order valence-electron chi connectivity index (χ4n) is 5.01. The molecule has 3 heterocycles. The number of fused-ring (bicyclic) bond motifs is 6. The molecule has 2 aliphatic rings. The van der Waals surface area contributed by atoms with E-state index in [0.717, 1.165) is 48.1 Å². The van der Waals surface area contributed by atoms with E-state index in [0.29, 0.717) is 5.69 Å². The Kier molecular flexibility index (Phi) is 5.36. The molecular weight excluding hydrogens is 408 g/mol. The van der Waals surface area contributed by atoms with Gasteiger partial charge < -0.3 is 14.6 Å². The number of aromatic nitrogens is 1. The average Bonchev–Trinajstić information content (AvgIpc) is 3.06. The highest BCUT2D eigenvalue weighted by Gasteiger charge is 2.45. The molecule has 0 radical (unpaired) electrons. The monoisotopic (exact) mass is 440 g/mol. The highest BCUT2D eigenvalue weighted by Crippen LogP contribution is 2.49. The molecule has 0 spiro atoms. The Bertz CT molecular complexity index is 1130. The van der Waals surface area contributed by atoms with Crippen LogP contribution in [0.25, 0.3) is 11.3 Å². The van der Waals surface area contributed by atoms with Crippen molar-refractivity contribution in [3.8, 4) is 17.0 Å². The molecule has 4 rings (SSSR count). The minimum absolute atomic E-state index is 0.0942. The SMILES string of the molecule is COc1cc2c(cc1CCC(C)(C)OC)[C@H]1CCC(C)(C)N1n1cc(C(=O)O)c(=O)cc1-2. The lowest BCUT2D eigenvalue weighted by molar-refractivity contribution is 0.0157. The van der Waals surface area contributed by atoms with Crippen LogP contribution < -0.4 is 15.2 Å². The van der Waals surface area contributed by atoms with Crippen LogP contribution in [-0.2, 0) is 11.2 Å². The van der Waals surface area contributed by atoms with Crippen molar-refractivity contribution < 1.29 is 19.4 Å². The van der Waals surface area contributed by atoms with Gasteiger partial charge in [-0.05, 0) is 76.6 Å². The van der Waals surface area contributed by atoms with Crippen LogP contribution >= 0.6 is 0 Å². The van der Waals surface area contributed by atoms with E-state index >= 15 is 0 Å². The maximum Gasteiger partial charge on any atom is 0.341 e. The number of aryl methyl sites for hydroxylation is 1. The van der Waals surface area contributed by atoms with Crippen molar-refractivity contribution in [3.05, 3.63) is 51.3 Å². The Morgan fingerprint density at radius 1 is 1.25 bits per heavy atom. The van der Waals surface area contributed by atoms with Crippen LogP contribution in [0.1, 0.15) is 74.5 Å². The largest absolute Gasteiger partial charge is 0.496 e. The first-order valence-electron chi connectivity index (χ1n) is 11.0. The number of carboxylic acid groups (broad SMARTS) is 1. The zero-order valence-corrected chi connectivity index (χ0v) is 19.7. The van der Waals surface area contributed by atoms with Crippen LogP contribution in [0.4, 0.5) is 0 Å². The topological polar surface area (TPSA) is 81.0 Å². The van der Waals surface area contributed by atoms with E-state index in [9.17, 15) is 14.7 Å². The Labute approximate surface area is 188 Å². The molecule has 0 saturated carbocycles. The van der Waals surface area contributed by atoms with Gasteiger partial charge in [-0.25, -0.2) is 4.79 Å². The number of hydrogen-bond donors (Lipinski definition) is 1. The molecule has 1 fully saturated rings. The van der Waals surface area contributed by atoms with Crippen molar-refractivity contribution in [1.29, 1.82) is 0 Å². The van der Waals surface area contributed by atoms with Crippen LogP contribution in [0.5, 0.6) is 5.75 Å². The number of benzene rings is 1. The molecular formula is C25H32N2O5. The average molecular weight is 441 g/mol. The van der Waals surface area contributed by atoms with Crippen LogP contribution in [0.3, 0.4) is 0 Å². The first-order valence-corrected chi connectivity index (χ1v) is 11.0. The summed E-state index contributed by atoms with van der Waals surface area (Å²) >= 11 is 0. The number of hydrogen-bond acceptors (Lipinski definition) is 5. The fraction of sp³-hybridized carbons (Fsp3) is 0.520. The van der Waals surface area contributed by atoms with E-state index in [2.05, 4.69) is 38.8 Å². The third-order valence-electron chi connectivity index (χ3n) is 7.08. The second-order valence-electron chi connectivity index (χ2n) is 10.0. The van der Waals surface area contributed by atoms with Gasteiger partial charge >= 0.3 is 5.97 Å². The van der Waals surface area contributed by atoms with Gasteiger partial charge in [0.05, 0.1) is 30.0 Å². The van der Waals surface area contributed by atoms with Gasteiger partial charge in [-0.1, -0.05) is 0 Å². The van der Waals surface area contributed by atoms with E-state index in [1.807, 2.05) is 10.7 Å². The molecule has 2 aromatic rings. The van der Waals surface area contributed by atoms with Gasteiger partial charge in [-0.3, -0.25) is 14.5 Å². The number of pyridine rings is 1. The lowest BCUT2D eigenvalue weighted by Gasteiger charge is -2.44. The van der Waals surface area contributed by atoms with Crippen molar-refractivity contribution in [3.63, 3.8) is 0 Å². The summed E-state index contributed by atoms with van der Waals surface area (Å²) in [5, 5.41) is 11.8. The first kappa shape index (κ1) is 22.4. The smallest absolute Gasteiger partial charge is 0.341 e. The molecule has 172 valence electrons. The molecule has 1 saturated heterocycles.